The molecule has 0 bridgehead atoms. The molecule has 0 saturated heterocycles. The molecule has 0 fully saturated rings. The molecule has 0 radical (unpaired) electrons. The molecule has 1 aromatic carbocycles. The van der Waals surface area contributed by atoms with Gasteiger partial charge in [0.25, 0.3) is 5.91 Å². The maximum Gasteiger partial charge on any atom is 0.325 e. The third-order valence-electron chi connectivity index (χ3n) is 4.34. The summed E-state index contributed by atoms with van der Waals surface area (Å²) in [6.07, 6.45) is 4.76. The smallest absolute Gasteiger partial charge is 0.325 e. The molecule has 156 valence electrons. The minimum absolute atomic E-state index is 0.291. The number of hydrogen-bond donors (Lipinski definition) is 2. The Morgan fingerprint density at radius 3 is 2.59 bits per heavy atom. The molecule has 2 N–H and O–H groups in total. The van der Waals surface area contributed by atoms with Crippen molar-refractivity contribution >= 4 is 17.8 Å². The SMILES string of the molecule is CCOC(=O)C(CCN[C@@H](C)C(=O)N(CC(=O)O)n1ccnc1)c1ccccc1. The van der Waals surface area contributed by atoms with E-state index in [-0.39, 0.29) is 5.97 Å². The summed E-state index contributed by atoms with van der Waals surface area (Å²) < 4.78 is 6.51. The highest BCUT2D eigenvalue weighted by atomic mass is 16.5. The maximum absolute atomic E-state index is 12.7. The normalized spacial score (nSPS) is 12.8. The number of carbonyl (C=O) groups excluding carboxylic acids is 2. The molecule has 9 nitrogen and oxygen atoms in total. The lowest BCUT2D eigenvalue weighted by Crippen LogP contribution is -2.52. The first kappa shape index (κ1) is 22.1. The molecule has 1 unspecified atom stereocenters. The number of imidazole rings is 1. The zero-order valence-electron chi connectivity index (χ0n) is 16.5. The fourth-order valence-corrected chi connectivity index (χ4v) is 2.90. The molecule has 0 spiro atoms. The summed E-state index contributed by atoms with van der Waals surface area (Å²) in [5.74, 6) is -2.32. The average Bonchev–Trinajstić information content (AvgIpc) is 3.24. The third-order valence-corrected chi connectivity index (χ3v) is 4.34. The van der Waals surface area contributed by atoms with Crippen LogP contribution in [0.1, 0.15) is 31.7 Å². The summed E-state index contributed by atoms with van der Waals surface area (Å²) in [6, 6.07) is 8.66. The molecule has 2 aromatic rings. The van der Waals surface area contributed by atoms with Gasteiger partial charge >= 0.3 is 11.9 Å². The van der Waals surface area contributed by atoms with Crippen molar-refractivity contribution in [3.8, 4) is 0 Å². The highest BCUT2D eigenvalue weighted by Crippen LogP contribution is 2.21. The Morgan fingerprint density at radius 2 is 2.00 bits per heavy atom. The second-order valence-electron chi connectivity index (χ2n) is 6.41. The van der Waals surface area contributed by atoms with E-state index in [1.54, 1.807) is 13.8 Å². The van der Waals surface area contributed by atoms with Crippen molar-refractivity contribution in [1.29, 1.82) is 0 Å². The van der Waals surface area contributed by atoms with Gasteiger partial charge in [0.05, 0.1) is 18.6 Å². The number of nitrogens with zero attached hydrogens (tertiary/aromatic N) is 3. The van der Waals surface area contributed by atoms with Crippen LogP contribution < -0.4 is 10.3 Å². The summed E-state index contributed by atoms with van der Waals surface area (Å²) in [5, 5.41) is 13.3. The fraction of sp³-hybridized carbons (Fsp3) is 0.400. The molecule has 1 amide bonds. The van der Waals surface area contributed by atoms with Crippen LogP contribution in [0.25, 0.3) is 0 Å². The molecule has 0 saturated carbocycles. The van der Waals surface area contributed by atoms with Gasteiger partial charge in [-0.05, 0) is 32.4 Å². The maximum atomic E-state index is 12.7. The Labute approximate surface area is 169 Å². The van der Waals surface area contributed by atoms with E-state index < -0.39 is 30.4 Å². The van der Waals surface area contributed by atoms with Gasteiger partial charge in [0.1, 0.15) is 12.9 Å². The molecule has 0 aliphatic heterocycles. The molecule has 9 heteroatoms. The molecule has 1 heterocycles. The lowest BCUT2D eigenvalue weighted by Gasteiger charge is -2.25. The zero-order valence-corrected chi connectivity index (χ0v) is 16.5. The monoisotopic (exact) mass is 402 g/mol. The molecule has 29 heavy (non-hydrogen) atoms. The van der Waals surface area contributed by atoms with Gasteiger partial charge in [-0.2, -0.15) is 0 Å². The van der Waals surface area contributed by atoms with Crippen molar-refractivity contribution in [3.05, 3.63) is 54.6 Å². The van der Waals surface area contributed by atoms with Crippen molar-refractivity contribution in [2.24, 2.45) is 0 Å². The lowest BCUT2D eigenvalue weighted by atomic mass is 9.95. The number of carboxylic acids is 1. The van der Waals surface area contributed by atoms with Crippen LogP contribution in [0.15, 0.2) is 49.1 Å². The van der Waals surface area contributed by atoms with Gasteiger partial charge in [-0.25, -0.2) is 14.7 Å². The number of amides is 1. The van der Waals surface area contributed by atoms with E-state index in [9.17, 15) is 14.4 Å². The van der Waals surface area contributed by atoms with Gasteiger partial charge < -0.3 is 15.2 Å². The van der Waals surface area contributed by atoms with Gasteiger partial charge in [-0.1, -0.05) is 30.3 Å². The number of benzene rings is 1. The Balaban J connectivity index is 1.99. The second kappa shape index (κ2) is 11.0. The van der Waals surface area contributed by atoms with Crippen molar-refractivity contribution in [2.45, 2.75) is 32.2 Å². The molecule has 0 aliphatic carbocycles. The van der Waals surface area contributed by atoms with Crippen LogP contribution in [0.3, 0.4) is 0 Å². The molecule has 2 rings (SSSR count). The number of nitrogens with one attached hydrogen (secondary N) is 1. The average molecular weight is 402 g/mol. The molecular formula is C20H26N4O5. The predicted octanol–water partition coefficient (Wildman–Crippen LogP) is 1.15. The van der Waals surface area contributed by atoms with Gasteiger partial charge in [-0.15, -0.1) is 0 Å². The molecule has 0 aliphatic rings. The first-order valence-corrected chi connectivity index (χ1v) is 9.40. The first-order chi connectivity index (χ1) is 13.9. The standard InChI is InChI=1S/C20H26N4O5/c1-3-29-20(28)17(16-7-5-4-6-8-16)9-10-22-15(2)19(27)24(13-18(25)26)23-12-11-21-14-23/h4-8,11-12,14-15,17,22H,3,9-10,13H2,1-2H3,(H,25,26)/t15-,17?/m0/s1. The van der Waals surface area contributed by atoms with E-state index in [0.717, 1.165) is 10.6 Å². The van der Waals surface area contributed by atoms with Gasteiger partial charge in [0.15, 0.2) is 0 Å². The van der Waals surface area contributed by atoms with E-state index in [2.05, 4.69) is 10.3 Å². The Hall–Kier alpha value is -3.20. The number of hydrogen-bond acceptors (Lipinski definition) is 6. The van der Waals surface area contributed by atoms with Crippen LogP contribution in [0.5, 0.6) is 0 Å². The molecule has 1 aromatic heterocycles. The Morgan fingerprint density at radius 1 is 1.28 bits per heavy atom. The third kappa shape index (κ3) is 6.42. The summed E-state index contributed by atoms with van der Waals surface area (Å²) in [4.78, 5) is 40.0. The number of aromatic nitrogens is 2. The topological polar surface area (TPSA) is 114 Å². The number of ether oxygens (including phenoxy) is 1. The quantitative estimate of drug-likeness (QED) is 0.542. The molecular weight excluding hydrogens is 376 g/mol. The summed E-state index contributed by atoms with van der Waals surface area (Å²) >= 11 is 0. The van der Waals surface area contributed by atoms with Crippen LogP contribution in [0.2, 0.25) is 0 Å². The van der Waals surface area contributed by atoms with Crippen LogP contribution in [0.4, 0.5) is 0 Å². The number of carboxylic acid groups (broad SMARTS) is 1. The second-order valence-corrected chi connectivity index (χ2v) is 6.41. The van der Waals surface area contributed by atoms with Crippen molar-refractivity contribution in [1.82, 2.24) is 15.0 Å². The van der Waals surface area contributed by atoms with Crippen LogP contribution in [-0.2, 0) is 19.1 Å². The van der Waals surface area contributed by atoms with Gasteiger partial charge in [-0.3, -0.25) is 14.4 Å². The van der Waals surface area contributed by atoms with Crippen LogP contribution in [0, 0.1) is 0 Å². The van der Waals surface area contributed by atoms with Crippen molar-refractivity contribution < 1.29 is 24.2 Å². The van der Waals surface area contributed by atoms with Crippen molar-refractivity contribution in [3.63, 3.8) is 0 Å². The van der Waals surface area contributed by atoms with Gasteiger partial charge in [0, 0.05) is 12.4 Å². The minimum Gasteiger partial charge on any atom is -0.480 e. The van der Waals surface area contributed by atoms with E-state index >= 15 is 0 Å². The van der Waals surface area contributed by atoms with E-state index in [4.69, 9.17) is 9.84 Å². The number of aliphatic carboxylic acids is 1. The van der Waals surface area contributed by atoms with Crippen molar-refractivity contribution in [2.75, 3.05) is 24.7 Å². The van der Waals surface area contributed by atoms with Crippen LogP contribution >= 0.6 is 0 Å². The van der Waals surface area contributed by atoms with E-state index in [1.807, 2.05) is 30.3 Å². The number of rotatable bonds is 11. The van der Waals surface area contributed by atoms with E-state index in [0.29, 0.717) is 19.6 Å². The lowest BCUT2D eigenvalue weighted by molar-refractivity contribution is -0.145. The summed E-state index contributed by atoms with van der Waals surface area (Å²) in [7, 11) is 0. The summed E-state index contributed by atoms with van der Waals surface area (Å²) in [5.41, 5.74) is 0.845. The minimum atomic E-state index is -1.13. The Bertz CT molecular complexity index is 794. The first-order valence-electron chi connectivity index (χ1n) is 9.40. The molecule has 2 atom stereocenters. The Kier molecular flexibility index (Phi) is 8.35. The van der Waals surface area contributed by atoms with E-state index in [1.165, 1.54) is 23.4 Å². The predicted molar refractivity (Wildman–Crippen MR) is 106 cm³/mol. The zero-order chi connectivity index (χ0) is 21.2. The van der Waals surface area contributed by atoms with Crippen LogP contribution in [-0.4, -0.2) is 58.4 Å². The number of carbonyl (C=O) groups is 3. The largest absolute Gasteiger partial charge is 0.480 e. The highest BCUT2D eigenvalue weighted by molar-refractivity contribution is 5.94. The fourth-order valence-electron chi connectivity index (χ4n) is 2.90. The summed E-state index contributed by atoms with van der Waals surface area (Å²) in [6.45, 7) is 3.58. The number of esters is 1. The van der Waals surface area contributed by atoms with Gasteiger partial charge in [0.2, 0.25) is 0 Å². The highest BCUT2D eigenvalue weighted by Gasteiger charge is 2.25.